The summed E-state index contributed by atoms with van der Waals surface area (Å²) in [5.74, 6) is 0.297. The molecule has 0 atom stereocenters. The van der Waals surface area contributed by atoms with Gasteiger partial charge in [-0.2, -0.15) is 4.98 Å². The molecule has 132 valence electrons. The molecule has 6 nitrogen and oxygen atoms in total. The summed E-state index contributed by atoms with van der Waals surface area (Å²) >= 11 is 0. The Kier molecular flexibility index (Phi) is 4.45. The van der Waals surface area contributed by atoms with E-state index in [4.69, 9.17) is 9.26 Å². The second kappa shape index (κ2) is 7.05. The van der Waals surface area contributed by atoms with Crippen molar-refractivity contribution in [3.05, 3.63) is 59.9 Å². The standard InChI is InChI=1S/C19H16FN3O3/c20-16-6-4-13(5-7-16)17-21-18(26-22-17)14-2-1-3-15(12-14)19(24)23-8-10-25-11-9-23/h1-7,12H,8-11H2. The lowest BCUT2D eigenvalue weighted by Crippen LogP contribution is -2.40. The molecule has 4 rings (SSSR count). The lowest BCUT2D eigenvalue weighted by atomic mass is 10.1. The van der Waals surface area contributed by atoms with Gasteiger partial charge in [-0.1, -0.05) is 11.2 Å². The average molecular weight is 353 g/mol. The van der Waals surface area contributed by atoms with Gasteiger partial charge in [0.2, 0.25) is 5.82 Å². The second-order valence-corrected chi connectivity index (χ2v) is 5.92. The maximum absolute atomic E-state index is 13.0. The van der Waals surface area contributed by atoms with Gasteiger partial charge in [0.25, 0.3) is 11.8 Å². The molecule has 0 radical (unpaired) electrons. The highest BCUT2D eigenvalue weighted by Gasteiger charge is 2.19. The van der Waals surface area contributed by atoms with E-state index in [1.807, 2.05) is 0 Å². The largest absolute Gasteiger partial charge is 0.378 e. The molecule has 0 N–H and O–H groups in total. The van der Waals surface area contributed by atoms with Gasteiger partial charge in [0.05, 0.1) is 13.2 Å². The van der Waals surface area contributed by atoms with Gasteiger partial charge >= 0.3 is 0 Å². The minimum absolute atomic E-state index is 0.0478. The number of hydrogen-bond acceptors (Lipinski definition) is 5. The summed E-state index contributed by atoms with van der Waals surface area (Å²) in [6, 6.07) is 12.9. The highest BCUT2D eigenvalue weighted by Crippen LogP contribution is 2.23. The molecule has 26 heavy (non-hydrogen) atoms. The van der Waals surface area contributed by atoms with E-state index in [0.29, 0.717) is 54.7 Å². The Labute approximate surface area is 149 Å². The van der Waals surface area contributed by atoms with Gasteiger partial charge in [0.1, 0.15) is 5.82 Å². The molecule has 3 aromatic rings. The average Bonchev–Trinajstić information content (AvgIpc) is 3.19. The Morgan fingerprint density at radius 1 is 1.04 bits per heavy atom. The molecule has 1 fully saturated rings. The summed E-state index contributed by atoms with van der Waals surface area (Å²) < 4.78 is 23.6. The Morgan fingerprint density at radius 2 is 1.81 bits per heavy atom. The van der Waals surface area contributed by atoms with Gasteiger partial charge in [0.15, 0.2) is 0 Å². The van der Waals surface area contributed by atoms with Crippen molar-refractivity contribution >= 4 is 5.91 Å². The fourth-order valence-electron chi connectivity index (χ4n) is 2.79. The first-order chi connectivity index (χ1) is 12.7. The monoisotopic (exact) mass is 353 g/mol. The van der Waals surface area contributed by atoms with Crippen LogP contribution < -0.4 is 0 Å². The van der Waals surface area contributed by atoms with Gasteiger partial charge in [-0.15, -0.1) is 0 Å². The Hall–Kier alpha value is -3.06. The maximum atomic E-state index is 13.0. The van der Waals surface area contributed by atoms with Gasteiger partial charge in [-0.05, 0) is 42.5 Å². The van der Waals surface area contributed by atoms with Crippen LogP contribution in [0.5, 0.6) is 0 Å². The van der Waals surface area contributed by atoms with E-state index in [9.17, 15) is 9.18 Å². The van der Waals surface area contributed by atoms with E-state index in [2.05, 4.69) is 10.1 Å². The quantitative estimate of drug-likeness (QED) is 0.724. The minimum Gasteiger partial charge on any atom is -0.378 e. The smallest absolute Gasteiger partial charge is 0.258 e. The van der Waals surface area contributed by atoms with Gasteiger partial charge in [-0.25, -0.2) is 4.39 Å². The van der Waals surface area contributed by atoms with Crippen molar-refractivity contribution in [3.63, 3.8) is 0 Å². The van der Waals surface area contributed by atoms with Crippen LogP contribution >= 0.6 is 0 Å². The van der Waals surface area contributed by atoms with E-state index >= 15 is 0 Å². The van der Waals surface area contributed by atoms with Crippen LogP contribution in [0.3, 0.4) is 0 Å². The van der Waals surface area contributed by atoms with Crippen molar-refractivity contribution in [1.29, 1.82) is 0 Å². The van der Waals surface area contributed by atoms with Crippen molar-refractivity contribution in [2.24, 2.45) is 0 Å². The van der Waals surface area contributed by atoms with Gasteiger partial charge in [-0.3, -0.25) is 4.79 Å². The number of carbonyl (C=O) groups excluding carboxylic acids is 1. The number of nitrogens with zero attached hydrogens (tertiary/aromatic N) is 3. The molecule has 1 amide bonds. The van der Waals surface area contributed by atoms with Crippen molar-refractivity contribution < 1.29 is 18.4 Å². The van der Waals surface area contributed by atoms with Crippen LogP contribution in [0.4, 0.5) is 4.39 Å². The SMILES string of the molecule is O=C(c1cccc(-c2nc(-c3ccc(F)cc3)no2)c1)N1CCOCC1. The number of amides is 1. The van der Waals surface area contributed by atoms with E-state index in [0.717, 1.165) is 0 Å². The van der Waals surface area contributed by atoms with Crippen LogP contribution in [0.1, 0.15) is 10.4 Å². The number of benzene rings is 2. The molecule has 1 aliphatic rings. The summed E-state index contributed by atoms with van der Waals surface area (Å²) in [5.41, 5.74) is 1.87. The third-order valence-electron chi connectivity index (χ3n) is 4.18. The molecule has 0 bridgehead atoms. The van der Waals surface area contributed by atoms with Crippen LogP contribution in [0.25, 0.3) is 22.8 Å². The molecule has 0 unspecified atom stereocenters. The topological polar surface area (TPSA) is 68.5 Å². The number of rotatable bonds is 3. The van der Waals surface area contributed by atoms with E-state index in [1.54, 1.807) is 41.3 Å². The van der Waals surface area contributed by atoms with Crippen LogP contribution in [0.2, 0.25) is 0 Å². The number of aromatic nitrogens is 2. The molecular formula is C19H16FN3O3. The summed E-state index contributed by atoms with van der Waals surface area (Å²) in [6.45, 7) is 2.27. The highest BCUT2D eigenvalue weighted by atomic mass is 19.1. The molecule has 7 heteroatoms. The molecule has 1 aromatic heterocycles. The Bertz CT molecular complexity index is 918. The zero-order chi connectivity index (χ0) is 17.9. The summed E-state index contributed by atoms with van der Waals surface area (Å²) in [4.78, 5) is 18.7. The minimum atomic E-state index is -0.327. The van der Waals surface area contributed by atoms with E-state index < -0.39 is 0 Å². The predicted octanol–water partition coefficient (Wildman–Crippen LogP) is 3.02. The molecule has 0 spiro atoms. The number of ether oxygens (including phenoxy) is 1. The second-order valence-electron chi connectivity index (χ2n) is 5.92. The summed E-state index contributed by atoms with van der Waals surface area (Å²) in [7, 11) is 0. The first kappa shape index (κ1) is 16.4. The molecule has 1 aliphatic heterocycles. The van der Waals surface area contributed by atoms with Crippen molar-refractivity contribution in [3.8, 4) is 22.8 Å². The Balaban J connectivity index is 1.58. The van der Waals surface area contributed by atoms with E-state index in [-0.39, 0.29) is 11.7 Å². The first-order valence-corrected chi connectivity index (χ1v) is 8.28. The molecule has 0 aliphatic carbocycles. The lowest BCUT2D eigenvalue weighted by Gasteiger charge is -2.26. The highest BCUT2D eigenvalue weighted by molar-refractivity contribution is 5.95. The number of carbonyl (C=O) groups is 1. The maximum Gasteiger partial charge on any atom is 0.258 e. The third kappa shape index (κ3) is 3.34. The Morgan fingerprint density at radius 3 is 2.58 bits per heavy atom. The summed E-state index contributed by atoms with van der Waals surface area (Å²) in [5, 5.41) is 3.94. The molecular weight excluding hydrogens is 337 g/mol. The first-order valence-electron chi connectivity index (χ1n) is 8.28. The molecule has 1 saturated heterocycles. The lowest BCUT2D eigenvalue weighted by molar-refractivity contribution is 0.0303. The molecule has 2 heterocycles. The van der Waals surface area contributed by atoms with Crippen molar-refractivity contribution in [2.75, 3.05) is 26.3 Å². The van der Waals surface area contributed by atoms with Crippen LogP contribution in [-0.2, 0) is 4.74 Å². The number of morpholine rings is 1. The zero-order valence-electron chi connectivity index (χ0n) is 13.9. The fraction of sp³-hybridized carbons (Fsp3) is 0.211. The fourth-order valence-corrected chi connectivity index (χ4v) is 2.79. The van der Waals surface area contributed by atoms with Crippen molar-refractivity contribution in [1.82, 2.24) is 15.0 Å². The van der Waals surface area contributed by atoms with Gasteiger partial charge < -0.3 is 14.2 Å². The molecule has 0 saturated carbocycles. The summed E-state index contributed by atoms with van der Waals surface area (Å²) in [6.07, 6.45) is 0. The van der Waals surface area contributed by atoms with Crippen LogP contribution in [-0.4, -0.2) is 47.3 Å². The van der Waals surface area contributed by atoms with Crippen molar-refractivity contribution in [2.45, 2.75) is 0 Å². The molecule has 2 aromatic carbocycles. The van der Waals surface area contributed by atoms with E-state index in [1.165, 1.54) is 12.1 Å². The van der Waals surface area contributed by atoms with Crippen LogP contribution in [0.15, 0.2) is 53.1 Å². The number of halogens is 1. The predicted molar refractivity (Wildman–Crippen MR) is 91.9 cm³/mol. The third-order valence-corrected chi connectivity index (χ3v) is 4.18. The van der Waals surface area contributed by atoms with Crippen LogP contribution in [0, 0.1) is 5.82 Å². The van der Waals surface area contributed by atoms with Gasteiger partial charge in [0, 0.05) is 29.8 Å². The zero-order valence-corrected chi connectivity index (χ0v) is 13.9. The normalized spacial score (nSPS) is 14.4. The number of hydrogen-bond donors (Lipinski definition) is 0.